The van der Waals surface area contributed by atoms with Crippen LogP contribution in [0.4, 0.5) is 0 Å². The summed E-state index contributed by atoms with van der Waals surface area (Å²) in [6, 6.07) is -0.529. The van der Waals surface area contributed by atoms with Crippen LogP contribution in [0.5, 0.6) is 0 Å². The molecule has 1 atom stereocenters. The number of sulfonamides is 1. The van der Waals surface area contributed by atoms with Crippen LogP contribution >= 0.6 is 0 Å². The molecule has 1 saturated carbocycles. The summed E-state index contributed by atoms with van der Waals surface area (Å²) in [5, 5.41) is 0. The average Bonchev–Trinajstić information content (AvgIpc) is 2.50. The molecule has 1 N–H and O–H groups in total. The zero-order chi connectivity index (χ0) is 17.3. The highest BCUT2D eigenvalue weighted by atomic mass is 32.2. The van der Waals surface area contributed by atoms with E-state index in [0.29, 0.717) is 0 Å². The van der Waals surface area contributed by atoms with Gasteiger partial charge in [0.15, 0.2) is 0 Å². The van der Waals surface area contributed by atoms with Gasteiger partial charge in [-0.25, -0.2) is 22.7 Å². The van der Waals surface area contributed by atoms with Crippen molar-refractivity contribution in [2.75, 3.05) is 19.5 Å². The third-order valence-electron chi connectivity index (χ3n) is 3.59. The number of hydrogen-bond donors (Lipinski definition) is 1. The first-order valence-electron chi connectivity index (χ1n) is 7.75. The van der Waals surface area contributed by atoms with Crippen molar-refractivity contribution in [1.29, 1.82) is 0 Å². The van der Waals surface area contributed by atoms with Crippen molar-refractivity contribution in [2.24, 2.45) is 5.92 Å². The summed E-state index contributed by atoms with van der Waals surface area (Å²) < 4.78 is 35.9. The fourth-order valence-corrected chi connectivity index (χ4v) is 4.24. The molecule has 0 saturated heterocycles. The highest BCUT2D eigenvalue weighted by Gasteiger charge is 2.23. The Morgan fingerprint density at radius 2 is 1.78 bits per heavy atom. The minimum absolute atomic E-state index is 0.103. The van der Waals surface area contributed by atoms with Crippen LogP contribution in [-0.2, 0) is 29.1 Å². The number of ether oxygens (including phenoxy) is 2. The summed E-state index contributed by atoms with van der Waals surface area (Å²) in [7, 11) is -2.20. The fourth-order valence-electron chi connectivity index (χ4n) is 2.51. The molecule has 1 aliphatic rings. The van der Waals surface area contributed by atoms with Gasteiger partial charge in [0.1, 0.15) is 6.61 Å². The molecule has 1 fully saturated rings. The van der Waals surface area contributed by atoms with Gasteiger partial charge in [-0.3, -0.25) is 0 Å². The first-order chi connectivity index (χ1) is 10.8. The van der Waals surface area contributed by atoms with Crippen LogP contribution in [0.15, 0.2) is 12.2 Å². The quantitative estimate of drug-likeness (QED) is 0.522. The van der Waals surface area contributed by atoms with Crippen molar-refractivity contribution in [2.45, 2.75) is 45.1 Å². The number of esters is 2. The molecule has 1 unspecified atom stereocenters. The molecule has 0 amide bonds. The van der Waals surface area contributed by atoms with Crippen molar-refractivity contribution < 1.29 is 27.5 Å². The average molecular weight is 347 g/mol. The van der Waals surface area contributed by atoms with Gasteiger partial charge in [0.05, 0.1) is 18.9 Å². The highest BCUT2D eigenvalue weighted by Crippen LogP contribution is 2.24. The lowest BCUT2D eigenvalue weighted by molar-refractivity contribution is -0.139. The third kappa shape index (κ3) is 8.71. The van der Waals surface area contributed by atoms with Gasteiger partial charge >= 0.3 is 11.9 Å². The van der Waals surface area contributed by atoms with Gasteiger partial charge in [-0.15, -0.1) is 0 Å². The second kappa shape index (κ2) is 9.67. The third-order valence-corrected chi connectivity index (χ3v) is 5.26. The van der Waals surface area contributed by atoms with Crippen LogP contribution in [0.25, 0.3) is 0 Å². The largest absolute Gasteiger partial charge is 0.466 e. The predicted molar refractivity (Wildman–Crippen MR) is 85.1 cm³/mol. The molecule has 1 aliphatic carbocycles. The lowest BCUT2D eigenvalue weighted by atomic mass is 9.91. The van der Waals surface area contributed by atoms with Gasteiger partial charge in [0.2, 0.25) is 10.0 Å². The van der Waals surface area contributed by atoms with Crippen LogP contribution in [0, 0.1) is 5.92 Å². The molecule has 0 heterocycles. The van der Waals surface area contributed by atoms with E-state index in [1.807, 2.05) is 0 Å². The number of carbonyl (C=O) groups excluding carboxylic acids is 2. The maximum absolute atomic E-state index is 12.1. The fraction of sp³-hybridized carbons (Fsp3) is 0.733. The van der Waals surface area contributed by atoms with E-state index in [-0.39, 0.29) is 18.3 Å². The number of rotatable bonds is 8. The number of nitrogens with one attached hydrogen (secondary N) is 1. The Morgan fingerprint density at radius 3 is 2.39 bits per heavy atom. The number of methoxy groups -OCH3 is 1. The Balaban J connectivity index is 2.33. The summed E-state index contributed by atoms with van der Waals surface area (Å²) in [5.74, 6) is -1.07. The highest BCUT2D eigenvalue weighted by molar-refractivity contribution is 7.89. The Morgan fingerprint density at radius 1 is 1.17 bits per heavy atom. The van der Waals surface area contributed by atoms with Gasteiger partial charge in [0.25, 0.3) is 0 Å². The molecule has 0 spiro atoms. The van der Waals surface area contributed by atoms with Crippen molar-refractivity contribution >= 4 is 22.0 Å². The molecular weight excluding hydrogens is 322 g/mol. The van der Waals surface area contributed by atoms with Crippen molar-refractivity contribution in [3.8, 4) is 0 Å². The second-order valence-electron chi connectivity index (χ2n) is 5.79. The topological polar surface area (TPSA) is 98.8 Å². The monoisotopic (exact) mass is 347 g/mol. The number of hydrogen-bond acceptors (Lipinski definition) is 6. The zero-order valence-corrected chi connectivity index (χ0v) is 14.4. The molecule has 0 aromatic carbocycles. The Kier molecular flexibility index (Phi) is 8.25. The van der Waals surface area contributed by atoms with E-state index >= 15 is 0 Å². The Bertz CT molecular complexity index is 522. The predicted octanol–water partition coefficient (Wildman–Crippen LogP) is 1.15. The minimum atomic E-state index is -3.39. The van der Waals surface area contributed by atoms with Gasteiger partial charge in [0, 0.05) is 12.2 Å². The molecule has 0 aromatic rings. The molecule has 7 nitrogen and oxygen atoms in total. The van der Waals surface area contributed by atoms with Crippen molar-refractivity contribution in [3.63, 3.8) is 0 Å². The van der Waals surface area contributed by atoms with Crippen LogP contribution in [0.2, 0.25) is 0 Å². The maximum Gasteiger partial charge on any atom is 0.331 e. The standard InChI is InChI=1S/C15H25NO6S/c1-12(10-22-15(18)9-8-14(17)21-2)16-23(19,20)11-13-6-4-3-5-7-13/h8-9,12-13,16H,3-7,10-11H2,1-2H3/b9-8+. The van der Waals surface area contributed by atoms with Crippen LogP contribution in [0.3, 0.4) is 0 Å². The smallest absolute Gasteiger partial charge is 0.331 e. The van der Waals surface area contributed by atoms with Crippen LogP contribution in [0.1, 0.15) is 39.0 Å². The van der Waals surface area contributed by atoms with E-state index in [0.717, 1.165) is 37.8 Å². The molecule has 0 aliphatic heterocycles. The van der Waals surface area contributed by atoms with Crippen molar-refractivity contribution in [1.82, 2.24) is 4.72 Å². The van der Waals surface area contributed by atoms with Gasteiger partial charge in [-0.2, -0.15) is 0 Å². The van der Waals surface area contributed by atoms with E-state index < -0.39 is 28.0 Å². The SMILES string of the molecule is COC(=O)/C=C/C(=O)OCC(C)NS(=O)(=O)CC1CCCCC1. The Hall–Kier alpha value is -1.41. The van der Waals surface area contributed by atoms with E-state index in [1.165, 1.54) is 13.5 Å². The molecule has 8 heteroatoms. The van der Waals surface area contributed by atoms with E-state index in [1.54, 1.807) is 6.92 Å². The van der Waals surface area contributed by atoms with Gasteiger partial charge in [-0.05, 0) is 25.7 Å². The summed E-state index contributed by atoms with van der Waals surface area (Å²) in [6.07, 6.45) is 7.12. The van der Waals surface area contributed by atoms with E-state index in [9.17, 15) is 18.0 Å². The molecule has 0 radical (unpaired) electrons. The van der Waals surface area contributed by atoms with E-state index in [4.69, 9.17) is 4.74 Å². The lowest BCUT2D eigenvalue weighted by Gasteiger charge is -2.22. The Labute approximate surface area is 137 Å². The van der Waals surface area contributed by atoms with Gasteiger partial charge < -0.3 is 9.47 Å². The first-order valence-corrected chi connectivity index (χ1v) is 9.40. The van der Waals surface area contributed by atoms with Crippen LogP contribution < -0.4 is 4.72 Å². The molecular formula is C15H25NO6S. The normalized spacial score (nSPS) is 17.8. The zero-order valence-electron chi connectivity index (χ0n) is 13.6. The first kappa shape index (κ1) is 19.6. The summed E-state index contributed by atoms with van der Waals surface area (Å²) >= 11 is 0. The minimum Gasteiger partial charge on any atom is -0.466 e. The molecule has 0 aromatic heterocycles. The molecule has 23 heavy (non-hydrogen) atoms. The van der Waals surface area contributed by atoms with Gasteiger partial charge in [-0.1, -0.05) is 19.3 Å². The van der Waals surface area contributed by atoms with E-state index in [2.05, 4.69) is 9.46 Å². The summed E-state index contributed by atoms with van der Waals surface area (Å²) in [5.41, 5.74) is 0. The summed E-state index contributed by atoms with van der Waals surface area (Å²) in [6.45, 7) is 1.52. The lowest BCUT2D eigenvalue weighted by Crippen LogP contribution is -2.39. The molecule has 132 valence electrons. The summed E-state index contributed by atoms with van der Waals surface area (Å²) in [4.78, 5) is 22.2. The second-order valence-corrected chi connectivity index (χ2v) is 7.59. The molecule has 0 bridgehead atoms. The number of carbonyl (C=O) groups is 2. The van der Waals surface area contributed by atoms with Crippen molar-refractivity contribution in [3.05, 3.63) is 12.2 Å². The maximum atomic E-state index is 12.1. The molecule has 1 rings (SSSR count). The van der Waals surface area contributed by atoms with Crippen LogP contribution in [-0.4, -0.2) is 45.9 Å².